The lowest BCUT2D eigenvalue weighted by atomic mass is 10.0. The van der Waals surface area contributed by atoms with Crippen LogP contribution < -0.4 is 0 Å². The fourth-order valence-electron chi connectivity index (χ4n) is 1.20. The average Bonchev–Trinajstić information content (AvgIpc) is 2.10. The lowest BCUT2D eigenvalue weighted by molar-refractivity contribution is -0.122. The van der Waals surface area contributed by atoms with Gasteiger partial charge in [-0.05, 0) is 6.42 Å². The third kappa shape index (κ3) is 5.80. The molecule has 0 radical (unpaired) electrons. The van der Waals surface area contributed by atoms with Gasteiger partial charge in [0, 0.05) is 12.3 Å². The van der Waals surface area contributed by atoms with E-state index in [0.29, 0.717) is 11.7 Å². The zero-order chi connectivity index (χ0) is 9.40. The summed E-state index contributed by atoms with van der Waals surface area (Å²) in [5.41, 5.74) is 0. The molecule has 1 unspecified atom stereocenters. The van der Waals surface area contributed by atoms with Gasteiger partial charge in [0.2, 0.25) is 15.2 Å². The monoisotopic (exact) mass is 184 g/mol. The van der Waals surface area contributed by atoms with Crippen LogP contribution in [-0.4, -0.2) is 21.0 Å². The Morgan fingerprint density at radius 3 is 2.58 bits per heavy atom. The van der Waals surface area contributed by atoms with Crippen molar-refractivity contribution in [2.75, 3.05) is 0 Å². The number of hydrogen-bond acceptors (Lipinski definition) is 1. The zero-order valence-corrected chi connectivity index (χ0v) is 10.1. The molecular weight excluding hydrogens is 163 g/mol. The molecule has 0 aromatic carbocycles. The molecule has 0 rings (SSSR count). The van der Waals surface area contributed by atoms with Gasteiger partial charge in [-0.2, -0.15) is 0 Å². The van der Waals surface area contributed by atoms with Gasteiger partial charge in [0.05, 0.1) is 0 Å². The Bertz CT molecular complexity index is 123. The Morgan fingerprint density at radius 2 is 2.08 bits per heavy atom. The molecule has 0 fully saturated rings. The minimum atomic E-state index is 0.196. The largest absolute Gasteiger partial charge is 0.299 e. The van der Waals surface area contributed by atoms with E-state index in [1.54, 1.807) is 0 Å². The van der Waals surface area contributed by atoms with E-state index in [0.717, 1.165) is 19.3 Å². The molecule has 0 amide bonds. The fraction of sp³-hybridized carbons (Fsp3) is 0.900. The fourth-order valence-corrected chi connectivity index (χ4v) is 2.30. The van der Waals surface area contributed by atoms with E-state index < -0.39 is 0 Å². The van der Waals surface area contributed by atoms with Crippen LogP contribution in [-0.2, 0) is 4.79 Å². The molecule has 12 heavy (non-hydrogen) atoms. The summed E-state index contributed by atoms with van der Waals surface area (Å²) < 4.78 is 0. The highest BCUT2D eigenvalue weighted by atomic mass is 27.1. The van der Waals surface area contributed by atoms with E-state index >= 15 is 0 Å². The molecule has 0 aliphatic carbocycles. The summed E-state index contributed by atoms with van der Waals surface area (Å²) in [6.45, 7) is 6.38. The molecule has 0 aromatic rings. The van der Waals surface area contributed by atoms with Gasteiger partial charge in [0.25, 0.3) is 0 Å². The van der Waals surface area contributed by atoms with E-state index in [-0.39, 0.29) is 15.2 Å². The van der Waals surface area contributed by atoms with Gasteiger partial charge in [-0.1, -0.05) is 32.5 Å². The predicted molar refractivity (Wildman–Crippen MR) is 56.1 cm³/mol. The van der Waals surface area contributed by atoms with E-state index in [2.05, 4.69) is 13.8 Å². The van der Waals surface area contributed by atoms with Crippen molar-refractivity contribution in [3.05, 3.63) is 0 Å². The first kappa shape index (κ1) is 12.2. The van der Waals surface area contributed by atoms with Crippen LogP contribution in [0.1, 0.15) is 40.0 Å². The Balaban J connectivity index is 3.31. The molecule has 2 heteroatoms. The van der Waals surface area contributed by atoms with Crippen LogP contribution in [0.25, 0.3) is 0 Å². The van der Waals surface area contributed by atoms with Gasteiger partial charge >= 0.3 is 0 Å². The predicted octanol–water partition coefficient (Wildman–Crippen LogP) is 2.67. The van der Waals surface area contributed by atoms with Crippen LogP contribution in [0.2, 0.25) is 10.6 Å². The molecule has 0 heterocycles. The second-order valence-corrected chi connectivity index (χ2v) is 6.00. The molecule has 0 saturated heterocycles. The van der Waals surface area contributed by atoms with Crippen molar-refractivity contribution in [1.29, 1.82) is 0 Å². The molecule has 0 bridgehead atoms. The van der Waals surface area contributed by atoms with Crippen molar-refractivity contribution in [3.8, 4) is 0 Å². The van der Waals surface area contributed by atoms with Gasteiger partial charge in [-0.3, -0.25) is 4.79 Å². The first-order chi connectivity index (χ1) is 5.72. The number of carbonyl (C=O) groups is 1. The lowest BCUT2D eigenvalue weighted by Crippen LogP contribution is -2.09. The zero-order valence-electron chi connectivity index (χ0n) is 8.73. The van der Waals surface area contributed by atoms with Crippen molar-refractivity contribution in [2.24, 2.45) is 5.92 Å². The third-order valence-electron chi connectivity index (χ3n) is 2.44. The first-order valence-electron chi connectivity index (χ1n) is 5.25. The Morgan fingerprint density at radius 1 is 1.42 bits per heavy atom. The summed E-state index contributed by atoms with van der Waals surface area (Å²) in [5.74, 6) is 0.774. The second-order valence-electron chi connectivity index (χ2n) is 3.59. The first-order valence-corrected chi connectivity index (χ1v) is 7.25. The van der Waals surface area contributed by atoms with Crippen LogP contribution in [0.15, 0.2) is 0 Å². The molecule has 1 nitrogen and oxygen atoms in total. The highest BCUT2D eigenvalue weighted by Crippen LogP contribution is 2.08. The number of hydrogen-bond donors (Lipinski definition) is 0. The molecule has 1 atom stereocenters. The molecular formula is C10H21AlO. The van der Waals surface area contributed by atoms with Gasteiger partial charge in [0.1, 0.15) is 5.78 Å². The number of ketones is 1. The van der Waals surface area contributed by atoms with E-state index in [9.17, 15) is 4.79 Å². The van der Waals surface area contributed by atoms with Crippen LogP contribution in [0, 0.1) is 5.92 Å². The van der Waals surface area contributed by atoms with Crippen LogP contribution in [0.4, 0.5) is 0 Å². The molecule has 70 valence electrons. The smallest absolute Gasteiger partial charge is 0.236 e. The van der Waals surface area contributed by atoms with Crippen molar-refractivity contribution in [1.82, 2.24) is 0 Å². The highest BCUT2D eigenvalue weighted by Gasteiger charge is 2.09. The maximum absolute atomic E-state index is 11.4. The van der Waals surface area contributed by atoms with Crippen LogP contribution in [0.5, 0.6) is 0 Å². The lowest BCUT2D eigenvalue weighted by Gasteiger charge is -2.05. The minimum Gasteiger partial charge on any atom is -0.299 e. The SMILES string of the molecule is C[CH2][AlH][CH2]CCC(=O)C(C)CC. The summed E-state index contributed by atoms with van der Waals surface area (Å²) in [6.07, 6.45) is 3.00. The third-order valence-corrected chi connectivity index (χ3v) is 4.15. The number of Topliss-reactive ketones (excluding diaryl/α,β-unsaturated/α-hetero) is 1. The summed E-state index contributed by atoms with van der Waals surface area (Å²) in [7, 11) is 0. The summed E-state index contributed by atoms with van der Waals surface area (Å²) >= 11 is 0.196. The van der Waals surface area contributed by atoms with Crippen molar-refractivity contribution < 1.29 is 4.79 Å². The standard InChI is InChI=1S/C8H15O.C2H5.Al.H/c1-4-6-8(9)7(3)5-2;1-2;;/h7H,1,4-6H2,2-3H3;1H2,2H3;;. The van der Waals surface area contributed by atoms with Gasteiger partial charge in [-0.25, -0.2) is 0 Å². The summed E-state index contributed by atoms with van der Waals surface area (Å²) in [5, 5.41) is 2.75. The Labute approximate surface area is 82.6 Å². The quantitative estimate of drug-likeness (QED) is 0.439. The summed E-state index contributed by atoms with van der Waals surface area (Å²) in [6, 6.07) is 0. The van der Waals surface area contributed by atoms with Crippen LogP contribution >= 0.6 is 0 Å². The van der Waals surface area contributed by atoms with Crippen molar-refractivity contribution in [2.45, 2.75) is 50.6 Å². The molecule has 0 saturated carbocycles. The minimum absolute atomic E-state index is 0.196. The topological polar surface area (TPSA) is 17.1 Å². The number of rotatable bonds is 7. The van der Waals surface area contributed by atoms with E-state index in [4.69, 9.17) is 0 Å². The number of carbonyl (C=O) groups excluding carboxylic acids is 1. The van der Waals surface area contributed by atoms with Crippen molar-refractivity contribution >= 4 is 21.0 Å². The molecule has 0 aromatic heterocycles. The second kappa shape index (κ2) is 7.83. The summed E-state index contributed by atoms with van der Waals surface area (Å²) in [4.78, 5) is 11.4. The van der Waals surface area contributed by atoms with E-state index in [1.807, 2.05) is 6.92 Å². The average molecular weight is 184 g/mol. The highest BCUT2D eigenvalue weighted by molar-refractivity contribution is 6.35. The maximum atomic E-state index is 11.4. The van der Waals surface area contributed by atoms with Crippen molar-refractivity contribution in [3.63, 3.8) is 0 Å². The van der Waals surface area contributed by atoms with Crippen LogP contribution in [0.3, 0.4) is 0 Å². The molecule has 0 N–H and O–H groups in total. The normalized spacial score (nSPS) is 12.6. The Hall–Kier alpha value is 0.202. The van der Waals surface area contributed by atoms with Gasteiger partial charge in [-0.15, -0.1) is 5.28 Å². The maximum Gasteiger partial charge on any atom is 0.236 e. The van der Waals surface area contributed by atoms with Gasteiger partial charge in [0.15, 0.2) is 0 Å². The molecule has 0 aliphatic heterocycles. The van der Waals surface area contributed by atoms with Gasteiger partial charge < -0.3 is 0 Å². The molecule has 0 aliphatic rings. The Kier molecular flexibility index (Phi) is 7.96. The molecule has 0 spiro atoms. The van der Waals surface area contributed by atoms with E-state index in [1.165, 1.54) is 10.6 Å².